The smallest absolute Gasteiger partial charge is 0.251 e. The largest absolute Gasteiger partial charge is 0.352 e. The van der Waals surface area contributed by atoms with Crippen molar-refractivity contribution in [2.24, 2.45) is 0 Å². The van der Waals surface area contributed by atoms with E-state index >= 15 is 0 Å². The van der Waals surface area contributed by atoms with Crippen LogP contribution in [0, 0.1) is 0 Å². The van der Waals surface area contributed by atoms with Crippen LogP contribution in [0.1, 0.15) is 39.6 Å². The number of nitrogens with one attached hydrogen (secondary N) is 1. The third-order valence-electron chi connectivity index (χ3n) is 2.91. The van der Waals surface area contributed by atoms with Gasteiger partial charge < -0.3 is 5.32 Å². The van der Waals surface area contributed by atoms with Crippen molar-refractivity contribution in [3.63, 3.8) is 0 Å². The number of ketones is 1. The van der Waals surface area contributed by atoms with Crippen molar-refractivity contribution >= 4 is 23.3 Å². The van der Waals surface area contributed by atoms with Gasteiger partial charge in [-0.3, -0.25) is 9.59 Å². The van der Waals surface area contributed by atoms with Crippen LogP contribution in [0.15, 0.2) is 18.2 Å². The van der Waals surface area contributed by atoms with E-state index in [4.69, 9.17) is 11.6 Å². The average molecular weight is 252 g/mol. The third-order valence-corrected chi connectivity index (χ3v) is 3.11. The molecule has 4 heteroatoms. The van der Waals surface area contributed by atoms with Gasteiger partial charge in [-0.15, -0.1) is 11.6 Å². The molecule has 1 N–H and O–H groups in total. The lowest BCUT2D eigenvalue weighted by atomic mass is 9.98. The van der Waals surface area contributed by atoms with E-state index in [1.54, 1.807) is 19.1 Å². The number of hydrogen-bond acceptors (Lipinski definition) is 2. The number of carbonyl (C=O) groups is 2. The maximum absolute atomic E-state index is 11.8. The van der Waals surface area contributed by atoms with Crippen LogP contribution in [0.4, 0.5) is 0 Å². The van der Waals surface area contributed by atoms with Crippen LogP contribution >= 0.6 is 11.6 Å². The monoisotopic (exact) mass is 251 g/mol. The van der Waals surface area contributed by atoms with Crippen LogP contribution < -0.4 is 5.32 Å². The summed E-state index contributed by atoms with van der Waals surface area (Å²) < 4.78 is 0. The predicted molar refractivity (Wildman–Crippen MR) is 66.7 cm³/mol. The number of carbonyl (C=O) groups excluding carboxylic acids is 2. The Balaban J connectivity index is 2.41. The molecule has 1 unspecified atom stereocenters. The van der Waals surface area contributed by atoms with E-state index in [9.17, 15) is 9.59 Å². The number of benzene rings is 1. The Morgan fingerprint density at radius 1 is 1.47 bits per heavy atom. The van der Waals surface area contributed by atoms with Crippen LogP contribution in [0.3, 0.4) is 0 Å². The van der Waals surface area contributed by atoms with Crippen LogP contribution in [-0.4, -0.2) is 23.6 Å². The van der Waals surface area contributed by atoms with Gasteiger partial charge in [-0.05, 0) is 31.4 Å². The Hall–Kier alpha value is -1.35. The zero-order chi connectivity index (χ0) is 12.4. The van der Waals surface area contributed by atoms with Gasteiger partial charge >= 0.3 is 0 Å². The van der Waals surface area contributed by atoms with Gasteiger partial charge in [-0.25, -0.2) is 0 Å². The summed E-state index contributed by atoms with van der Waals surface area (Å²) in [5.74, 6) is -0.249. The minimum atomic E-state index is -0.568. The Labute approximate surface area is 105 Å². The van der Waals surface area contributed by atoms with Crippen molar-refractivity contribution in [3.05, 3.63) is 34.9 Å². The quantitative estimate of drug-likeness (QED) is 0.647. The molecule has 1 atom stereocenters. The number of rotatable bonds is 2. The number of halogens is 1. The fraction of sp³-hybridized carbons (Fsp3) is 0.385. The highest BCUT2D eigenvalue weighted by Gasteiger charge is 2.19. The van der Waals surface area contributed by atoms with Gasteiger partial charge in [-0.2, -0.15) is 0 Å². The molecule has 1 aromatic carbocycles. The standard InChI is InChI=1S/C13H14ClNO2/c1-8(14)12(16)10-5-4-9-3-2-6-15-13(17)11(9)7-10/h4-5,7-8H,2-3,6H2,1H3,(H,15,17). The normalized spacial score (nSPS) is 16.7. The van der Waals surface area contributed by atoms with Crippen molar-refractivity contribution in [1.82, 2.24) is 5.32 Å². The van der Waals surface area contributed by atoms with Gasteiger partial charge in [0.15, 0.2) is 5.78 Å². The molecule has 0 bridgehead atoms. The van der Waals surface area contributed by atoms with Gasteiger partial charge in [0, 0.05) is 17.7 Å². The molecular weight excluding hydrogens is 238 g/mol. The zero-order valence-electron chi connectivity index (χ0n) is 9.63. The molecule has 1 heterocycles. The second kappa shape index (κ2) is 4.88. The van der Waals surface area contributed by atoms with E-state index in [1.165, 1.54) is 0 Å². The summed E-state index contributed by atoms with van der Waals surface area (Å²) in [6.07, 6.45) is 1.79. The van der Waals surface area contributed by atoms with Crippen molar-refractivity contribution in [3.8, 4) is 0 Å². The van der Waals surface area contributed by atoms with Gasteiger partial charge in [0.1, 0.15) is 0 Å². The number of Topliss-reactive ketones (excluding diaryl/α,β-unsaturated/α-hetero) is 1. The Morgan fingerprint density at radius 3 is 2.94 bits per heavy atom. The van der Waals surface area contributed by atoms with E-state index in [1.807, 2.05) is 6.07 Å². The van der Waals surface area contributed by atoms with Crippen LogP contribution in [-0.2, 0) is 6.42 Å². The molecule has 90 valence electrons. The fourth-order valence-corrected chi connectivity index (χ4v) is 2.09. The maximum atomic E-state index is 11.8. The van der Waals surface area contributed by atoms with E-state index in [-0.39, 0.29) is 11.7 Å². The fourth-order valence-electron chi connectivity index (χ4n) is 1.96. The molecule has 1 aliphatic rings. The summed E-state index contributed by atoms with van der Waals surface area (Å²) in [6, 6.07) is 5.25. The number of fused-ring (bicyclic) bond motifs is 1. The second-order valence-corrected chi connectivity index (χ2v) is 4.87. The Kier molecular flexibility index (Phi) is 3.48. The average Bonchev–Trinajstić information content (AvgIpc) is 2.50. The first kappa shape index (κ1) is 12.1. The first-order valence-electron chi connectivity index (χ1n) is 5.69. The lowest BCUT2D eigenvalue weighted by Crippen LogP contribution is -2.23. The topological polar surface area (TPSA) is 46.2 Å². The summed E-state index contributed by atoms with van der Waals surface area (Å²) in [7, 11) is 0. The molecular formula is C13H14ClNO2. The van der Waals surface area contributed by atoms with Gasteiger partial charge in [-0.1, -0.05) is 12.1 Å². The molecule has 1 amide bonds. The Bertz CT molecular complexity index is 468. The van der Waals surface area contributed by atoms with E-state index in [0.717, 1.165) is 18.4 Å². The minimum absolute atomic E-state index is 0.102. The SMILES string of the molecule is CC(Cl)C(=O)c1ccc2c(c1)C(=O)NCCC2. The number of hydrogen-bond donors (Lipinski definition) is 1. The van der Waals surface area contributed by atoms with E-state index in [0.29, 0.717) is 17.7 Å². The highest BCUT2D eigenvalue weighted by atomic mass is 35.5. The number of alkyl halides is 1. The number of aryl methyl sites for hydroxylation is 1. The van der Waals surface area contributed by atoms with Crippen molar-refractivity contribution in [2.45, 2.75) is 25.1 Å². The summed E-state index contributed by atoms with van der Waals surface area (Å²) in [6.45, 7) is 2.32. The first-order valence-corrected chi connectivity index (χ1v) is 6.12. The van der Waals surface area contributed by atoms with Crippen molar-refractivity contribution < 1.29 is 9.59 Å². The molecule has 0 spiro atoms. The highest BCUT2D eigenvalue weighted by Crippen LogP contribution is 2.18. The number of amides is 1. The molecule has 1 aromatic rings. The molecule has 2 rings (SSSR count). The van der Waals surface area contributed by atoms with E-state index < -0.39 is 5.38 Å². The summed E-state index contributed by atoms with van der Waals surface area (Å²) in [5, 5.41) is 2.25. The lowest BCUT2D eigenvalue weighted by Gasteiger charge is -2.08. The minimum Gasteiger partial charge on any atom is -0.352 e. The summed E-state index contributed by atoms with van der Waals surface area (Å²) in [5.41, 5.74) is 2.10. The van der Waals surface area contributed by atoms with Crippen LogP contribution in [0.5, 0.6) is 0 Å². The highest BCUT2D eigenvalue weighted by molar-refractivity contribution is 6.33. The van der Waals surface area contributed by atoms with Crippen molar-refractivity contribution in [2.75, 3.05) is 6.54 Å². The molecule has 3 nitrogen and oxygen atoms in total. The Morgan fingerprint density at radius 2 is 2.24 bits per heavy atom. The zero-order valence-corrected chi connectivity index (χ0v) is 10.4. The van der Waals surface area contributed by atoms with Crippen LogP contribution in [0.25, 0.3) is 0 Å². The molecule has 0 saturated carbocycles. The maximum Gasteiger partial charge on any atom is 0.251 e. The van der Waals surface area contributed by atoms with Crippen LogP contribution in [0.2, 0.25) is 0 Å². The van der Waals surface area contributed by atoms with Gasteiger partial charge in [0.05, 0.1) is 5.38 Å². The molecule has 1 aliphatic heterocycles. The molecule has 0 fully saturated rings. The van der Waals surface area contributed by atoms with Gasteiger partial charge in [0.2, 0.25) is 0 Å². The van der Waals surface area contributed by atoms with Gasteiger partial charge in [0.25, 0.3) is 5.91 Å². The third kappa shape index (κ3) is 2.50. The summed E-state index contributed by atoms with van der Waals surface area (Å²) >= 11 is 5.76. The summed E-state index contributed by atoms with van der Waals surface area (Å²) in [4.78, 5) is 23.6. The molecule has 17 heavy (non-hydrogen) atoms. The molecule has 0 saturated heterocycles. The first-order chi connectivity index (χ1) is 8.09. The van der Waals surface area contributed by atoms with Crippen molar-refractivity contribution in [1.29, 1.82) is 0 Å². The molecule has 0 aliphatic carbocycles. The lowest BCUT2D eigenvalue weighted by molar-refractivity contribution is 0.0956. The van der Waals surface area contributed by atoms with E-state index in [2.05, 4.69) is 5.32 Å². The molecule has 0 aromatic heterocycles. The predicted octanol–water partition coefficient (Wildman–Crippen LogP) is 2.17. The second-order valence-electron chi connectivity index (χ2n) is 4.21. The molecule has 0 radical (unpaired) electrons.